The van der Waals surface area contributed by atoms with Crippen molar-refractivity contribution in [2.75, 3.05) is 23.8 Å². The summed E-state index contributed by atoms with van der Waals surface area (Å²) >= 11 is 11.8. The highest BCUT2D eigenvalue weighted by atomic mass is 35.5. The minimum Gasteiger partial charge on any atom is -0.462 e. The summed E-state index contributed by atoms with van der Waals surface area (Å²) in [5.41, 5.74) is 1.26. The lowest BCUT2D eigenvalue weighted by Crippen LogP contribution is -2.21. The lowest BCUT2D eigenvalue weighted by atomic mass is 10.2. The van der Waals surface area contributed by atoms with Gasteiger partial charge in [0.15, 0.2) is 6.61 Å². The molecule has 0 spiro atoms. The number of hydrogen-bond acceptors (Lipinski definition) is 6. The number of nitrogens with one attached hydrogen (secondary N) is 2. The quantitative estimate of drug-likeness (QED) is 0.408. The Morgan fingerprint density at radius 1 is 0.882 bits per heavy atom. The van der Waals surface area contributed by atoms with Crippen molar-refractivity contribution in [3.8, 4) is 0 Å². The van der Waals surface area contributed by atoms with E-state index in [9.17, 15) is 19.2 Å². The lowest BCUT2D eigenvalue weighted by molar-refractivity contribution is -0.147. The van der Waals surface area contributed by atoms with Crippen LogP contribution in [0.15, 0.2) is 42.5 Å². The fourth-order valence-electron chi connectivity index (χ4n) is 2.63. The second-order valence-electron chi connectivity index (χ2n) is 7.80. The van der Waals surface area contributed by atoms with E-state index in [2.05, 4.69) is 10.6 Å². The minimum atomic E-state index is -0.602. The van der Waals surface area contributed by atoms with Crippen LogP contribution >= 0.6 is 23.2 Å². The maximum absolute atomic E-state index is 12.1. The number of halogens is 2. The van der Waals surface area contributed by atoms with Crippen LogP contribution in [0.4, 0.5) is 11.4 Å². The largest absolute Gasteiger partial charge is 0.462 e. The van der Waals surface area contributed by atoms with Crippen molar-refractivity contribution < 1.29 is 28.7 Å². The number of rotatable bonds is 11. The first-order chi connectivity index (χ1) is 16.1. The second-order valence-corrected chi connectivity index (χ2v) is 8.65. The first kappa shape index (κ1) is 27.1. The van der Waals surface area contributed by atoms with Crippen LogP contribution in [-0.2, 0) is 23.9 Å². The smallest absolute Gasteiger partial charge is 0.338 e. The maximum atomic E-state index is 12.1. The lowest BCUT2D eigenvalue weighted by Gasteiger charge is -2.09. The van der Waals surface area contributed by atoms with Gasteiger partial charge in [-0.15, -0.1) is 0 Å². The molecule has 0 unspecified atom stereocenters. The average Bonchev–Trinajstić information content (AvgIpc) is 2.78. The summed E-state index contributed by atoms with van der Waals surface area (Å²) in [6.45, 7) is 3.75. The third kappa shape index (κ3) is 9.80. The highest BCUT2D eigenvalue weighted by molar-refractivity contribution is 6.36. The molecule has 2 aromatic rings. The summed E-state index contributed by atoms with van der Waals surface area (Å²) in [4.78, 5) is 47.7. The fourth-order valence-corrected chi connectivity index (χ4v) is 3.08. The van der Waals surface area contributed by atoms with E-state index in [0.717, 1.165) is 0 Å². The molecule has 0 bridgehead atoms. The molecule has 0 aliphatic carbocycles. The number of carbonyl (C=O) groups is 4. The molecule has 0 radical (unpaired) electrons. The van der Waals surface area contributed by atoms with E-state index in [1.807, 2.05) is 13.8 Å². The van der Waals surface area contributed by atoms with E-state index in [1.165, 1.54) is 12.1 Å². The fraction of sp³-hybridized carbons (Fsp3) is 0.333. The average molecular weight is 509 g/mol. The number of hydrogen-bond donors (Lipinski definition) is 2. The van der Waals surface area contributed by atoms with Crippen LogP contribution in [-0.4, -0.2) is 37.0 Å². The van der Waals surface area contributed by atoms with Gasteiger partial charge in [-0.2, -0.15) is 0 Å². The molecule has 2 rings (SSSR count). The van der Waals surface area contributed by atoms with Crippen LogP contribution in [0.5, 0.6) is 0 Å². The molecule has 0 atom stereocenters. The zero-order valence-electron chi connectivity index (χ0n) is 18.9. The van der Waals surface area contributed by atoms with Gasteiger partial charge in [-0.1, -0.05) is 37.0 Å². The van der Waals surface area contributed by atoms with Crippen molar-refractivity contribution in [3.63, 3.8) is 0 Å². The third-order valence-electron chi connectivity index (χ3n) is 4.31. The first-order valence-electron chi connectivity index (χ1n) is 10.6. The number of anilines is 2. The molecule has 2 N–H and O–H groups in total. The minimum absolute atomic E-state index is 0.0248. The predicted octanol–water partition coefficient (Wildman–Crippen LogP) is 5.10. The standard InChI is InChI=1S/C24H26Cl2N2O6/c1-15(2)13-34-24(32)16-6-9-18(10-7-16)27-21(29)4-3-5-23(31)33-14-22(30)28-20-11-8-17(25)12-19(20)26/h6-12,15H,3-5,13-14H2,1-2H3,(H,27,29)(H,28,30). The van der Waals surface area contributed by atoms with Crippen LogP contribution < -0.4 is 10.6 Å². The molecule has 0 aromatic heterocycles. The Hall–Kier alpha value is -3.10. The number of benzene rings is 2. The molecule has 2 aromatic carbocycles. The monoisotopic (exact) mass is 508 g/mol. The first-order valence-corrected chi connectivity index (χ1v) is 11.4. The number of amides is 2. The molecule has 182 valence electrons. The Bertz CT molecular complexity index is 1020. The van der Waals surface area contributed by atoms with Crippen molar-refractivity contribution >= 4 is 58.3 Å². The highest BCUT2D eigenvalue weighted by Gasteiger charge is 2.12. The molecule has 0 fully saturated rings. The van der Waals surface area contributed by atoms with Gasteiger partial charge in [-0.3, -0.25) is 14.4 Å². The summed E-state index contributed by atoms with van der Waals surface area (Å²) in [5.74, 6) is -1.63. The van der Waals surface area contributed by atoms with E-state index in [0.29, 0.717) is 28.6 Å². The van der Waals surface area contributed by atoms with Gasteiger partial charge < -0.3 is 20.1 Å². The number of ether oxygens (including phenoxy) is 2. The van der Waals surface area contributed by atoms with Crippen LogP contribution in [0.2, 0.25) is 10.0 Å². The molecule has 0 heterocycles. The Morgan fingerprint density at radius 2 is 1.59 bits per heavy atom. The Balaban J connectivity index is 1.66. The summed E-state index contributed by atoms with van der Waals surface area (Å²) < 4.78 is 10.1. The number of carbonyl (C=O) groups excluding carboxylic acids is 4. The molecule has 0 aliphatic heterocycles. The Kier molecular flexibility index (Phi) is 10.8. The zero-order chi connectivity index (χ0) is 25.1. The van der Waals surface area contributed by atoms with Crippen molar-refractivity contribution in [1.82, 2.24) is 0 Å². The van der Waals surface area contributed by atoms with Gasteiger partial charge in [-0.25, -0.2) is 4.79 Å². The summed E-state index contributed by atoms with van der Waals surface area (Å²) in [6, 6.07) is 10.9. The third-order valence-corrected chi connectivity index (χ3v) is 4.85. The van der Waals surface area contributed by atoms with Crippen molar-refractivity contribution in [2.24, 2.45) is 5.92 Å². The molecular weight excluding hydrogens is 483 g/mol. The van der Waals surface area contributed by atoms with E-state index in [4.69, 9.17) is 32.7 Å². The summed E-state index contributed by atoms with van der Waals surface area (Å²) in [7, 11) is 0. The van der Waals surface area contributed by atoms with Gasteiger partial charge in [0.05, 0.1) is 22.9 Å². The summed E-state index contributed by atoms with van der Waals surface area (Å²) in [5, 5.41) is 5.90. The molecular formula is C24H26Cl2N2O6. The molecule has 0 saturated heterocycles. The van der Waals surface area contributed by atoms with Crippen molar-refractivity contribution in [2.45, 2.75) is 33.1 Å². The molecule has 8 nitrogen and oxygen atoms in total. The maximum Gasteiger partial charge on any atom is 0.338 e. The van der Waals surface area contributed by atoms with Gasteiger partial charge in [0.2, 0.25) is 5.91 Å². The van der Waals surface area contributed by atoms with Crippen LogP contribution in [0.3, 0.4) is 0 Å². The Morgan fingerprint density at radius 3 is 2.24 bits per heavy atom. The van der Waals surface area contributed by atoms with E-state index >= 15 is 0 Å². The molecule has 0 saturated carbocycles. The van der Waals surface area contributed by atoms with Gasteiger partial charge in [0.25, 0.3) is 5.91 Å². The molecule has 34 heavy (non-hydrogen) atoms. The van der Waals surface area contributed by atoms with E-state index in [1.54, 1.807) is 30.3 Å². The normalized spacial score (nSPS) is 10.5. The zero-order valence-corrected chi connectivity index (χ0v) is 20.4. The molecule has 0 aliphatic rings. The van der Waals surface area contributed by atoms with Crippen LogP contribution in [0.1, 0.15) is 43.5 Å². The predicted molar refractivity (Wildman–Crippen MR) is 130 cm³/mol. The van der Waals surface area contributed by atoms with Crippen molar-refractivity contribution in [3.05, 3.63) is 58.1 Å². The SMILES string of the molecule is CC(C)COC(=O)c1ccc(NC(=O)CCCC(=O)OCC(=O)Nc2ccc(Cl)cc2Cl)cc1. The molecule has 2 amide bonds. The summed E-state index contributed by atoms with van der Waals surface area (Å²) in [6.07, 6.45) is 0.303. The van der Waals surface area contributed by atoms with Gasteiger partial charge >= 0.3 is 11.9 Å². The van der Waals surface area contributed by atoms with Gasteiger partial charge in [0, 0.05) is 23.6 Å². The number of esters is 2. The second kappa shape index (κ2) is 13.6. The Labute approximate surface area is 207 Å². The van der Waals surface area contributed by atoms with E-state index < -0.39 is 24.5 Å². The van der Waals surface area contributed by atoms with Gasteiger partial charge in [0.1, 0.15) is 0 Å². The molecule has 10 heteroatoms. The van der Waals surface area contributed by atoms with Crippen LogP contribution in [0, 0.1) is 5.92 Å². The van der Waals surface area contributed by atoms with Crippen molar-refractivity contribution in [1.29, 1.82) is 0 Å². The highest BCUT2D eigenvalue weighted by Crippen LogP contribution is 2.25. The van der Waals surface area contributed by atoms with Gasteiger partial charge in [-0.05, 0) is 54.8 Å². The van der Waals surface area contributed by atoms with Crippen LogP contribution in [0.25, 0.3) is 0 Å². The topological polar surface area (TPSA) is 111 Å². The van der Waals surface area contributed by atoms with E-state index in [-0.39, 0.29) is 36.1 Å².